The summed E-state index contributed by atoms with van der Waals surface area (Å²) in [7, 11) is 0. The van der Waals surface area contributed by atoms with Crippen LogP contribution in [0.25, 0.3) is 17.9 Å². The Bertz CT molecular complexity index is 2470. The van der Waals surface area contributed by atoms with E-state index < -0.39 is 23.8 Å². The minimum absolute atomic E-state index is 0.0197. The first-order valence-electron chi connectivity index (χ1n) is 22.3. The number of primary amides is 1. The summed E-state index contributed by atoms with van der Waals surface area (Å²) in [6, 6.07) is 16.2. The van der Waals surface area contributed by atoms with Crippen LogP contribution in [0.2, 0.25) is 0 Å². The van der Waals surface area contributed by atoms with Gasteiger partial charge in [-0.05, 0) is 96.3 Å². The number of carbonyl (C=O) groups excluding carboxylic acids is 4. The van der Waals surface area contributed by atoms with Crippen molar-refractivity contribution >= 4 is 64.6 Å². The molecule has 0 bridgehead atoms. The van der Waals surface area contributed by atoms with Crippen LogP contribution in [0.1, 0.15) is 108 Å². The molecule has 352 valence electrons. The number of hydrogen-bond donors (Lipinski definition) is 8. The molecular weight excluding hydrogens is 851 g/mol. The second-order valence-corrected chi connectivity index (χ2v) is 18.8. The van der Waals surface area contributed by atoms with Gasteiger partial charge in [-0.3, -0.25) is 19.2 Å². The van der Waals surface area contributed by atoms with E-state index in [4.69, 9.17) is 29.1 Å². The molecule has 0 radical (unpaired) electrons. The lowest BCUT2D eigenvalue weighted by Gasteiger charge is -2.29. The fraction of sp³-hybridized carbons (Fsp3) is 0.404. The molecule has 4 amide bonds. The number of hydrogen-bond acceptors (Lipinski definition) is 8. The number of rotatable bonds is 25. The van der Waals surface area contributed by atoms with Crippen LogP contribution in [0.3, 0.4) is 0 Å². The second-order valence-electron chi connectivity index (χ2n) is 18.4. The molecule has 0 fully saturated rings. The molecule has 1 heterocycles. The molecule has 66 heavy (non-hydrogen) atoms. The molecule has 14 heteroatoms. The SMILES string of the molecule is C#CCCC(=O)NCC(C)(C)CCCC(C)(C)CCNC(=C)CNC(=O)C(CCC(N)=O)NC(=O)CCNC(=S)Nc1ccc(C2=c3ccc(=C)cc3Oc3cc(C)ccc32)c(C(=C)O)c1. The average Bonchev–Trinajstić information content (AvgIpc) is 3.24. The topological polar surface area (TPSA) is 196 Å². The molecule has 9 N–H and O–H groups in total. The molecule has 0 saturated heterocycles. The van der Waals surface area contributed by atoms with Gasteiger partial charge in [-0.2, -0.15) is 0 Å². The molecule has 0 aromatic heterocycles. The van der Waals surface area contributed by atoms with Crippen LogP contribution in [-0.4, -0.2) is 66.1 Å². The number of terminal acetylenes is 1. The highest BCUT2D eigenvalue weighted by atomic mass is 32.1. The number of fused-ring (bicyclic) bond motifs is 2. The number of ether oxygens (including phenoxy) is 1. The van der Waals surface area contributed by atoms with Crippen molar-refractivity contribution in [3.05, 3.63) is 106 Å². The van der Waals surface area contributed by atoms with E-state index in [0.717, 1.165) is 58.4 Å². The van der Waals surface area contributed by atoms with Gasteiger partial charge in [0.1, 0.15) is 23.3 Å². The van der Waals surface area contributed by atoms with E-state index in [9.17, 15) is 24.3 Å². The molecule has 1 aliphatic heterocycles. The number of thiocarbonyl (C=S) groups is 1. The number of amides is 4. The van der Waals surface area contributed by atoms with Crippen LogP contribution >= 0.6 is 12.2 Å². The summed E-state index contributed by atoms with van der Waals surface area (Å²) in [5, 5.41) is 30.6. The maximum absolute atomic E-state index is 13.2. The average molecular weight is 918 g/mol. The van der Waals surface area contributed by atoms with Gasteiger partial charge in [-0.15, -0.1) is 12.3 Å². The maximum Gasteiger partial charge on any atom is 0.242 e. The zero-order valence-corrected chi connectivity index (χ0v) is 40.0. The van der Waals surface area contributed by atoms with Gasteiger partial charge in [0.25, 0.3) is 0 Å². The third-order valence-corrected chi connectivity index (χ3v) is 11.6. The summed E-state index contributed by atoms with van der Waals surface area (Å²) in [6.07, 6.45) is 9.79. The lowest BCUT2D eigenvalue weighted by molar-refractivity contribution is -0.129. The molecular formula is C52H67N7O6S. The Morgan fingerprint density at radius 2 is 1.58 bits per heavy atom. The van der Waals surface area contributed by atoms with Crippen molar-refractivity contribution in [2.45, 2.75) is 98.4 Å². The van der Waals surface area contributed by atoms with Crippen molar-refractivity contribution in [1.82, 2.24) is 26.6 Å². The van der Waals surface area contributed by atoms with E-state index in [1.165, 1.54) is 0 Å². The van der Waals surface area contributed by atoms with Gasteiger partial charge < -0.3 is 47.5 Å². The van der Waals surface area contributed by atoms with E-state index in [0.29, 0.717) is 54.4 Å². The lowest BCUT2D eigenvalue weighted by atomic mass is 9.79. The summed E-state index contributed by atoms with van der Waals surface area (Å²) in [4.78, 5) is 49.9. The van der Waals surface area contributed by atoms with Crippen molar-refractivity contribution in [1.29, 1.82) is 0 Å². The first-order valence-corrected chi connectivity index (χ1v) is 22.7. The summed E-state index contributed by atoms with van der Waals surface area (Å²) < 4.78 is 6.28. The highest BCUT2D eigenvalue weighted by Crippen LogP contribution is 2.39. The number of carbonyl (C=O) groups is 4. The molecule has 4 rings (SSSR count). The van der Waals surface area contributed by atoms with E-state index in [-0.39, 0.29) is 60.0 Å². The van der Waals surface area contributed by atoms with Gasteiger partial charge in [0.15, 0.2) is 5.11 Å². The third kappa shape index (κ3) is 16.4. The monoisotopic (exact) mass is 917 g/mol. The minimum Gasteiger partial charge on any atom is -0.508 e. The predicted molar refractivity (Wildman–Crippen MR) is 269 cm³/mol. The Morgan fingerprint density at radius 1 is 0.848 bits per heavy atom. The Kier molecular flexibility index (Phi) is 19.0. The number of aliphatic hydroxyl groups is 1. The number of aryl methyl sites for hydroxylation is 1. The van der Waals surface area contributed by atoms with E-state index in [2.05, 4.69) is 85.3 Å². The smallest absolute Gasteiger partial charge is 0.242 e. The van der Waals surface area contributed by atoms with Crippen LogP contribution in [0, 0.1) is 30.1 Å². The Hall–Kier alpha value is -6.59. The molecule has 3 aromatic carbocycles. The van der Waals surface area contributed by atoms with E-state index in [1.54, 1.807) is 6.07 Å². The normalized spacial score (nSPS) is 12.2. The van der Waals surface area contributed by atoms with Crippen molar-refractivity contribution in [3.8, 4) is 23.8 Å². The zero-order chi connectivity index (χ0) is 48.6. The molecule has 0 spiro atoms. The first-order chi connectivity index (χ1) is 31.2. The standard InChI is InChI=1S/C52H67N7O6S/c1-10-11-13-46(62)57-32-52(8,9)24-12-23-51(6,7)25-27-54-35(4)31-56-49(64)42(20-21-45(53)61)59-47(63)22-26-55-50(66)58-37-16-19-38(41(30-37)36(5)60)48-39-17-14-33(2)28-43(39)65-44-29-34(3)15-18-40(44)48/h1,14-19,28-30,42,54,60H,2,4-5,11-13,20-27,31-32H2,3,6-9H3,(H2,53,61)(H,56,64)(H,57,62)(H,59,63)(H2,55,58,66). The molecule has 1 atom stereocenters. The van der Waals surface area contributed by atoms with Crippen molar-refractivity contribution in [3.63, 3.8) is 0 Å². The van der Waals surface area contributed by atoms with Crippen molar-refractivity contribution in [2.75, 3.05) is 31.5 Å². The summed E-state index contributed by atoms with van der Waals surface area (Å²) in [5.41, 5.74) is 10.6. The van der Waals surface area contributed by atoms with Crippen LogP contribution in [0.15, 0.2) is 73.5 Å². The fourth-order valence-electron chi connectivity index (χ4n) is 7.53. The van der Waals surface area contributed by atoms with Gasteiger partial charge in [0.05, 0.1) is 6.54 Å². The van der Waals surface area contributed by atoms with Crippen LogP contribution in [0.5, 0.6) is 11.5 Å². The summed E-state index contributed by atoms with van der Waals surface area (Å²) in [6.45, 7) is 24.2. The molecule has 0 saturated carbocycles. The van der Waals surface area contributed by atoms with Crippen LogP contribution < -0.4 is 52.8 Å². The Morgan fingerprint density at radius 3 is 2.29 bits per heavy atom. The van der Waals surface area contributed by atoms with Gasteiger partial charge in [0.2, 0.25) is 23.6 Å². The molecule has 3 aromatic rings. The highest BCUT2D eigenvalue weighted by Gasteiger charge is 2.25. The van der Waals surface area contributed by atoms with Crippen LogP contribution in [-0.2, 0) is 19.2 Å². The van der Waals surface area contributed by atoms with Crippen molar-refractivity contribution in [2.24, 2.45) is 16.6 Å². The summed E-state index contributed by atoms with van der Waals surface area (Å²) >= 11 is 5.54. The number of anilines is 1. The molecule has 1 aliphatic rings. The molecule has 0 aliphatic carbocycles. The zero-order valence-electron chi connectivity index (χ0n) is 39.1. The highest BCUT2D eigenvalue weighted by molar-refractivity contribution is 7.80. The number of benzene rings is 3. The number of aliphatic hydroxyl groups excluding tert-OH is 1. The first kappa shape index (κ1) is 52.0. The molecule has 1 unspecified atom stereocenters. The number of nitrogens with one attached hydrogen (secondary N) is 6. The Labute approximate surface area is 395 Å². The summed E-state index contributed by atoms with van der Waals surface area (Å²) in [5.74, 6) is 2.21. The lowest BCUT2D eigenvalue weighted by Crippen LogP contribution is -2.48. The maximum atomic E-state index is 13.2. The van der Waals surface area contributed by atoms with Gasteiger partial charge in [-0.25, -0.2) is 0 Å². The van der Waals surface area contributed by atoms with Gasteiger partial charge in [-0.1, -0.05) is 84.2 Å². The second kappa shape index (κ2) is 24.1. The van der Waals surface area contributed by atoms with E-state index >= 15 is 0 Å². The predicted octanol–water partition coefficient (Wildman–Crippen LogP) is 6.08. The van der Waals surface area contributed by atoms with Crippen LogP contribution in [0.4, 0.5) is 5.69 Å². The fourth-order valence-corrected chi connectivity index (χ4v) is 7.75. The largest absolute Gasteiger partial charge is 0.508 e. The van der Waals surface area contributed by atoms with E-state index in [1.807, 2.05) is 55.5 Å². The minimum atomic E-state index is -0.997. The van der Waals surface area contributed by atoms with Crippen molar-refractivity contribution < 1.29 is 29.0 Å². The number of nitrogens with two attached hydrogens (primary N) is 1. The molecule has 13 nitrogen and oxygen atoms in total. The van der Waals surface area contributed by atoms with Gasteiger partial charge >= 0.3 is 0 Å². The third-order valence-electron chi connectivity index (χ3n) is 11.4. The van der Waals surface area contributed by atoms with Gasteiger partial charge in [0, 0.05) is 78.6 Å². The quantitative estimate of drug-likeness (QED) is 0.0220. The Balaban J connectivity index is 1.25.